The van der Waals surface area contributed by atoms with E-state index in [2.05, 4.69) is 180 Å². The van der Waals surface area contributed by atoms with Gasteiger partial charge >= 0.3 is 0 Å². The molecule has 0 N–H and O–H groups in total. The highest BCUT2D eigenvalue weighted by atomic mass is 15.0. The summed E-state index contributed by atoms with van der Waals surface area (Å²) in [6.45, 7) is 0. The van der Waals surface area contributed by atoms with Crippen molar-refractivity contribution in [2.75, 3.05) is 0 Å². The largest absolute Gasteiger partial charge is 0.309 e. The third kappa shape index (κ3) is 4.17. The van der Waals surface area contributed by atoms with Gasteiger partial charge in [-0.05, 0) is 91.3 Å². The van der Waals surface area contributed by atoms with Gasteiger partial charge in [0.25, 0.3) is 0 Å². The summed E-state index contributed by atoms with van der Waals surface area (Å²) in [6, 6.07) is 63.9. The van der Waals surface area contributed by atoms with Crippen molar-refractivity contribution in [2.45, 2.75) is 0 Å². The van der Waals surface area contributed by atoms with Crippen LogP contribution in [0.1, 0.15) is 0 Å². The molecular weight excluding hydrogens is 542 g/mol. The molecule has 45 heavy (non-hydrogen) atoms. The fourth-order valence-corrected chi connectivity index (χ4v) is 7.11. The van der Waals surface area contributed by atoms with E-state index in [1.165, 1.54) is 82.4 Å². The Kier molecular flexibility index (Phi) is 5.89. The van der Waals surface area contributed by atoms with Crippen LogP contribution >= 0.6 is 0 Å². The van der Waals surface area contributed by atoms with E-state index in [1.54, 1.807) is 0 Å². The molecule has 8 aromatic carbocycles. The van der Waals surface area contributed by atoms with Crippen LogP contribution in [0.25, 0.3) is 82.4 Å². The molecule has 0 atom stereocenters. The minimum atomic E-state index is 1.18. The Morgan fingerprint density at radius 3 is 1.76 bits per heavy atom. The lowest BCUT2D eigenvalue weighted by Gasteiger charge is -2.15. The predicted octanol–water partition coefficient (Wildman–Crippen LogP) is 12.1. The van der Waals surface area contributed by atoms with Gasteiger partial charge in [-0.15, -0.1) is 0 Å². The molecule has 0 saturated heterocycles. The van der Waals surface area contributed by atoms with Gasteiger partial charge in [0.1, 0.15) is 0 Å². The molecular formula is C44H29N. The van der Waals surface area contributed by atoms with Gasteiger partial charge in [0, 0.05) is 16.5 Å². The Hall–Kier alpha value is -5.92. The van der Waals surface area contributed by atoms with Crippen LogP contribution in [-0.4, -0.2) is 4.57 Å². The highest BCUT2D eigenvalue weighted by Crippen LogP contribution is 2.41. The zero-order valence-electron chi connectivity index (χ0n) is 24.7. The van der Waals surface area contributed by atoms with Crippen LogP contribution in [0.4, 0.5) is 0 Å². The van der Waals surface area contributed by atoms with Gasteiger partial charge < -0.3 is 4.57 Å². The lowest BCUT2D eigenvalue weighted by Crippen LogP contribution is -1.92. The molecule has 0 spiro atoms. The van der Waals surface area contributed by atoms with Crippen LogP contribution in [0.3, 0.4) is 0 Å². The minimum absolute atomic E-state index is 1.18. The van der Waals surface area contributed by atoms with E-state index in [4.69, 9.17) is 0 Å². The third-order valence-electron chi connectivity index (χ3n) is 9.18. The summed E-state index contributed by atoms with van der Waals surface area (Å²) in [5.74, 6) is 0. The number of aromatic nitrogens is 1. The van der Waals surface area contributed by atoms with Crippen molar-refractivity contribution in [3.63, 3.8) is 0 Å². The highest BCUT2D eigenvalue weighted by Gasteiger charge is 2.15. The first-order chi connectivity index (χ1) is 22.3. The molecule has 0 aliphatic rings. The first-order valence-corrected chi connectivity index (χ1v) is 15.5. The zero-order valence-corrected chi connectivity index (χ0v) is 24.7. The van der Waals surface area contributed by atoms with E-state index in [1.807, 2.05) is 0 Å². The number of rotatable bonds is 4. The SMILES string of the molecule is c1ccc(-c2c3ccccc3cc3c(-c4ccc(-c5ccc6c(c5)c5ccccc5n6-c5ccccc5)cc4)cccc23)cc1. The first-order valence-electron chi connectivity index (χ1n) is 15.5. The fraction of sp³-hybridized carbons (Fsp3) is 0. The molecule has 9 rings (SSSR count). The molecule has 9 aromatic rings. The van der Waals surface area contributed by atoms with Crippen LogP contribution in [0.5, 0.6) is 0 Å². The van der Waals surface area contributed by atoms with Crippen molar-refractivity contribution < 1.29 is 0 Å². The summed E-state index contributed by atoms with van der Waals surface area (Å²) in [7, 11) is 0. The Bertz CT molecular complexity index is 2500. The zero-order chi connectivity index (χ0) is 29.7. The number of hydrogen-bond acceptors (Lipinski definition) is 0. The standard InChI is InChI=1S/C44H29N/c1-3-12-32(13-4-1)44-37-17-8-7-14-34(37)29-40-36(19-11-20-39(40)44)31-24-22-30(23-25-31)33-26-27-43-41(28-33)38-18-9-10-21-42(38)45(43)35-15-5-2-6-16-35/h1-29H. The Balaban J connectivity index is 1.17. The molecule has 1 heteroatoms. The number of nitrogens with zero attached hydrogens (tertiary/aromatic N) is 1. The lowest BCUT2D eigenvalue weighted by molar-refractivity contribution is 1.18. The van der Waals surface area contributed by atoms with E-state index in [0.717, 1.165) is 0 Å². The molecule has 0 bridgehead atoms. The van der Waals surface area contributed by atoms with E-state index in [-0.39, 0.29) is 0 Å². The molecule has 0 radical (unpaired) electrons. The number of hydrogen-bond donors (Lipinski definition) is 0. The van der Waals surface area contributed by atoms with Crippen LogP contribution in [0, 0.1) is 0 Å². The summed E-state index contributed by atoms with van der Waals surface area (Å²) < 4.78 is 2.37. The second kappa shape index (κ2) is 10.4. The molecule has 0 fully saturated rings. The van der Waals surface area contributed by atoms with Gasteiger partial charge in [0.05, 0.1) is 11.0 Å². The van der Waals surface area contributed by atoms with Gasteiger partial charge in [-0.25, -0.2) is 0 Å². The van der Waals surface area contributed by atoms with Crippen molar-refractivity contribution in [1.29, 1.82) is 0 Å². The number of fused-ring (bicyclic) bond motifs is 5. The molecule has 1 nitrogen and oxygen atoms in total. The molecule has 0 aliphatic heterocycles. The van der Waals surface area contributed by atoms with Crippen molar-refractivity contribution in [1.82, 2.24) is 4.57 Å². The van der Waals surface area contributed by atoms with Crippen molar-refractivity contribution >= 4 is 43.4 Å². The number of benzene rings is 8. The summed E-state index contributed by atoms with van der Waals surface area (Å²) in [5, 5.41) is 7.64. The van der Waals surface area contributed by atoms with Crippen molar-refractivity contribution in [3.8, 4) is 39.1 Å². The molecule has 0 unspecified atom stereocenters. The quantitative estimate of drug-likeness (QED) is 0.185. The van der Waals surface area contributed by atoms with E-state index < -0.39 is 0 Å². The summed E-state index contributed by atoms with van der Waals surface area (Å²) in [5.41, 5.74) is 11.1. The molecule has 0 amide bonds. The highest BCUT2D eigenvalue weighted by molar-refractivity contribution is 6.16. The summed E-state index contributed by atoms with van der Waals surface area (Å²) in [4.78, 5) is 0. The maximum atomic E-state index is 2.37. The number of para-hydroxylation sites is 2. The van der Waals surface area contributed by atoms with Gasteiger partial charge in [-0.1, -0.05) is 140 Å². The third-order valence-corrected chi connectivity index (χ3v) is 9.18. The summed E-state index contributed by atoms with van der Waals surface area (Å²) in [6.07, 6.45) is 0. The van der Waals surface area contributed by atoms with E-state index in [9.17, 15) is 0 Å². The van der Waals surface area contributed by atoms with Crippen molar-refractivity contribution in [2.24, 2.45) is 0 Å². The Labute approximate surface area is 262 Å². The Morgan fingerprint density at radius 2 is 0.933 bits per heavy atom. The second-order valence-electron chi connectivity index (χ2n) is 11.7. The van der Waals surface area contributed by atoms with Gasteiger partial charge in [-0.2, -0.15) is 0 Å². The molecule has 1 aromatic heterocycles. The topological polar surface area (TPSA) is 4.93 Å². The van der Waals surface area contributed by atoms with Crippen molar-refractivity contribution in [3.05, 3.63) is 176 Å². The normalized spacial score (nSPS) is 11.6. The Morgan fingerprint density at radius 1 is 0.311 bits per heavy atom. The van der Waals surface area contributed by atoms with Gasteiger partial charge in [0.15, 0.2) is 0 Å². The maximum absolute atomic E-state index is 2.37. The first kappa shape index (κ1) is 25.6. The predicted molar refractivity (Wildman–Crippen MR) is 192 cm³/mol. The van der Waals surface area contributed by atoms with Crippen LogP contribution in [0.15, 0.2) is 176 Å². The average Bonchev–Trinajstić information content (AvgIpc) is 3.45. The van der Waals surface area contributed by atoms with E-state index in [0.29, 0.717) is 0 Å². The van der Waals surface area contributed by atoms with Crippen LogP contribution in [0.2, 0.25) is 0 Å². The smallest absolute Gasteiger partial charge is 0.0541 e. The summed E-state index contributed by atoms with van der Waals surface area (Å²) >= 11 is 0. The van der Waals surface area contributed by atoms with Crippen LogP contribution in [-0.2, 0) is 0 Å². The minimum Gasteiger partial charge on any atom is -0.309 e. The van der Waals surface area contributed by atoms with Crippen LogP contribution < -0.4 is 0 Å². The second-order valence-corrected chi connectivity index (χ2v) is 11.7. The lowest BCUT2D eigenvalue weighted by atomic mass is 9.88. The fourth-order valence-electron chi connectivity index (χ4n) is 7.11. The molecule has 0 saturated carbocycles. The maximum Gasteiger partial charge on any atom is 0.0541 e. The molecule has 1 heterocycles. The monoisotopic (exact) mass is 571 g/mol. The van der Waals surface area contributed by atoms with Gasteiger partial charge in [-0.3, -0.25) is 0 Å². The van der Waals surface area contributed by atoms with E-state index >= 15 is 0 Å². The molecule has 0 aliphatic carbocycles. The molecule has 210 valence electrons. The average molecular weight is 572 g/mol. The van der Waals surface area contributed by atoms with Gasteiger partial charge in [0.2, 0.25) is 0 Å².